The maximum absolute atomic E-state index is 13.0. The van der Waals surface area contributed by atoms with Gasteiger partial charge in [0.05, 0.1) is 36.5 Å². The minimum atomic E-state index is -0.956. The smallest absolute Gasteiger partial charge is 0.296 e. The molecular weight excluding hydrogens is 416 g/mol. The molecule has 0 saturated carbocycles. The number of aliphatic hydroxyl groups excluding tert-OH is 1. The number of ether oxygens (including phenoxy) is 1. The molecule has 1 aliphatic rings. The number of rotatable bonds is 6. The number of hydrogen-bond acceptors (Lipinski definition) is 7. The summed E-state index contributed by atoms with van der Waals surface area (Å²) in [6.07, 6.45) is 1.45. The van der Waals surface area contributed by atoms with Gasteiger partial charge in [0.25, 0.3) is 17.4 Å². The number of hydrogen-bond donors (Lipinski definition) is 1. The normalized spacial score (nSPS) is 17.5. The van der Waals surface area contributed by atoms with Crippen LogP contribution in [0, 0.1) is 10.1 Å². The fourth-order valence-corrected chi connectivity index (χ4v) is 3.64. The Morgan fingerprint density at radius 2 is 1.81 bits per heavy atom. The SMILES string of the molecule is COc1ccc(/C(O)=C2\C(=O)C(=O)N(Cc3ccco3)C2c2ccc([N+](=O)[O-])cc2)cc1. The monoisotopic (exact) mass is 434 g/mol. The highest BCUT2D eigenvalue weighted by Gasteiger charge is 2.46. The lowest BCUT2D eigenvalue weighted by atomic mass is 9.95. The van der Waals surface area contributed by atoms with E-state index in [1.165, 1.54) is 42.5 Å². The summed E-state index contributed by atoms with van der Waals surface area (Å²) in [6, 6.07) is 14.2. The van der Waals surface area contributed by atoms with Crippen LogP contribution in [0.25, 0.3) is 5.76 Å². The van der Waals surface area contributed by atoms with Gasteiger partial charge in [-0.3, -0.25) is 19.7 Å². The molecule has 162 valence electrons. The van der Waals surface area contributed by atoms with Crippen molar-refractivity contribution in [2.75, 3.05) is 7.11 Å². The Bertz CT molecular complexity index is 1200. The number of furan rings is 1. The molecule has 0 spiro atoms. The third-order valence-corrected chi connectivity index (χ3v) is 5.23. The number of benzene rings is 2. The van der Waals surface area contributed by atoms with Crippen molar-refractivity contribution in [1.29, 1.82) is 0 Å². The van der Waals surface area contributed by atoms with Gasteiger partial charge in [-0.25, -0.2) is 0 Å². The molecule has 3 aromatic rings. The molecule has 1 amide bonds. The van der Waals surface area contributed by atoms with Gasteiger partial charge in [-0.15, -0.1) is 0 Å². The first-order valence-corrected chi connectivity index (χ1v) is 9.60. The van der Waals surface area contributed by atoms with E-state index in [-0.39, 0.29) is 23.6 Å². The number of likely N-dealkylation sites (tertiary alicyclic amines) is 1. The Hall–Kier alpha value is -4.40. The standard InChI is InChI=1S/C23H18N2O7/c1-31-17-10-6-15(7-11-17)21(26)19-20(14-4-8-16(9-5-14)25(29)30)24(23(28)22(19)27)13-18-3-2-12-32-18/h2-12,20,26H,13H2,1H3/b21-19+. The molecule has 1 atom stereocenters. The third kappa shape index (κ3) is 3.71. The highest BCUT2D eigenvalue weighted by atomic mass is 16.6. The van der Waals surface area contributed by atoms with E-state index in [4.69, 9.17) is 9.15 Å². The Balaban J connectivity index is 1.84. The van der Waals surface area contributed by atoms with E-state index in [2.05, 4.69) is 0 Å². The van der Waals surface area contributed by atoms with E-state index >= 15 is 0 Å². The van der Waals surface area contributed by atoms with Crippen LogP contribution in [0.2, 0.25) is 0 Å². The van der Waals surface area contributed by atoms with Crippen molar-refractivity contribution < 1.29 is 28.8 Å². The predicted octanol–water partition coefficient (Wildman–Crippen LogP) is 3.82. The van der Waals surface area contributed by atoms with Crippen molar-refractivity contribution in [3.63, 3.8) is 0 Å². The van der Waals surface area contributed by atoms with Gasteiger partial charge in [0.2, 0.25) is 0 Å². The van der Waals surface area contributed by atoms with E-state index in [1.807, 2.05) is 0 Å². The summed E-state index contributed by atoms with van der Waals surface area (Å²) in [6.45, 7) is -0.0153. The second-order valence-corrected chi connectivity index (χ2v) is 7.08. The van der Waals surface area contributed by atoms with Gasteiger partial charge in [0.15, 0.2) is 0 Å². The Kier molecular flexibility index (Phi) is 5.46. The number of Topliss-reactive ketones (excluding diaryl/α,β-unsaturated/α-hetero) is 1. The molecule has 1 unspecified atom stereocenters. The van der Waals surface area contributed by atoms with Crippen LogP contribution < -0.4 is 4.74 Å². The molecule has 1 fully saturated rings. The van der Waals surface area contributed by atoms with Gasteiger partial charge < -0.3 is 19.2 Å². The number of nitro groups is 1. The summed E-state index contributed by atoms with van der Waals surface area (Å²) >= 11 is 0. The quantitative estimate of drug-likeness (QED) is 0.206. The molecular formula is C23H18N2O7. The average Bonchev–Trinajstić information content (AvgIpc) is 3.41. The number of ketones is 1. The molecule has 2 aromatic carbocycles. The molecule has 1 aromatic heterocycles. The largest absolute Gasteiger partial charge is 0.507 e. The molecule has 1 N–H and O–H groups in total. The van der Waals surface area contributed by atoms with Crippen molar-refractivity contribution in [1.82, 2.24) is 4.90 Å². The molecule has 4 rings (SSSR count). The number of methoxy groups -OCH3 is 1. The minimum absolute atomic E-state index is 0.0153. The second kappa shape index (κ2) is 8.38. The van der Waals surface area contributed by atoms with Crippen LogP contribution in [-0.4, -0.2) is 33.7 Å². The lowest BCUT2D eigenvalue weighted by Crippen LogP contribution is -2.29. The first-order valence-electron chi connectivity index (χ1n) is 9.60. The molecule has 9 heteroatoms. The van der Waals surface area contributed by atoms with Crippen molar-refractivity contribution >= 4 is 23.1 Å². The molecule has 0 radical (unpaired) electrons. The molecule has 0 bridgehead atoms. The molecule has 1 saturated heterocycles. The van der Waals surface area contributed by atoms with Crippen LogP contribution in [0.5, 0.6) is 5.75 Å². The number of non-ortho nitro benzene ring substituents is 1. The summed E-state index contributed by atoms with van der Waals surface area (Å²) in [5, 5.41) is 22.0. The summed E-state index contributed by atoms with van der Waals surface area (Å²) in [4.78, 5) is 37.6. The van der Waals surface area contributed by atoms with Crippen LogP contribution in [0.4, 0.5) is 5.69 Å². The first kappa shape index (κ1) is 20.9. The van der Waals surface area contributed by atoms with Gasteiger partial charge in [0.1, 0.15) is 17.3 Å². The van der Waals surface area contributed by atoms with Gasteiger partial charge in [-0.1, -0.05) is 0 Å². The number of carbonyl (C=O) groups is 2. The van der Waals surface area contributed by atoms with E-state index < -0.39 is 22.7 Å². The van der Waals surface area contributed by atoms with Crippen molar-refractivity contribution in [3.05, 3.63) is 99.5 Å². The van der Waals surface area contributed by atoms with E-state index in [0.29, 0.717) is 22.6 Å². The number of nitro benzene ring substituents is 1. The van der Waals surface area contributed by atoms with Crippen LogP contribution in [0.1, 0.15) is 22.9 Å². The number of amides is 1. The molecule has 1 aliphatic heterocycles. The predicted molar refractivity (Wildman–Crippen MR) is 113 cm³/mol. The summed E-state index contributed by atoms with van der Waals surface area (Å²) in [7, 11) is 1.50. The highest BCUT2D eigenvalue weighted by Crippen LogP contribution is 2.40. The van der Waals surface area contributed by atoms with Crippen molar-refractivity contribution in [2.45, 2.75) is 12.6 Å². The zero-order chi connectivity index (χ0) is 22.8. The molecule has 2 heterocycles. The molecule has 32 heavy (non-hydrogen) atoms. The van der Waals surface area contributed by atoms with E-state index in [9.17, 15) is 24.8 Å². The van der Waals surface area contributed by atoms with Crippen LogP contribution in [0.15, 0.2) is 76.9 Å². The van der Waals surface area contributed by atoms with Gasteiger partial charge in [-0.05, 0) is 54.1 Å². The van der Waals surface area contributed by atoms with Crippen LogP contribution in [0.3, 0.4) is 0 Å². The summed E-state index contributed by atoms with van der Waals surface area (Å²) in [5.74, 6) is -1.00. The van der Waals surface area contributed by atoms with Crippen LogP contribution in [-0.2, 0) is 16.1 Å². The fourth-order valence-electron chi connectivity index (χ4n) is 3.64. The average molecular weight is 434 g/mol. The topological polar surface area (TPSA) is 123 Å². The van der Waals surface area contributed by atoms with Crippen molar-refractivity contribution in [2.24, 2.45) is 0 Å². The minimum Gasteiger partial charge on any atom is -0.507 e. The lowest BCUT2D eigenvalue weighted by Gasteiger charge is -2.24. The van der Waals surface area contributed by atoms with Gasteiger partial charge in [0, 0.05) is 17.7 Å². The van der Waals surface area contributed by atoms with E-state index in [1.54, 1.807) is 36.4 Å². The lowest BCUT2D eigenvalue weighted by molar-refractivity contribution is -0.384. The van der Waals surface area contributed by atoms with Crippen molar-refractivity contribution in [3.8, 4) is 5.75 Å². The summed E-state index contributed by atoms with van der Waals surface area (Å²) < 4.78 is 10.4. The van der Waals surface area contributed by atoms with Gasteiger partial charge in [-0.2, -0.15) is 0 Å². The molecule has 9 nitrogen and oxygen atoms in total. The number of aliphatic hydroxyl groups is 1. The highest BCUT2D eigenvalue weighted by molar-refractivity contribution is 6.46. The first-order chi connectivity index (χ1) is 15.4. The fraction of sp³-hybridized carbons (Fsp3) is 0.130. The van der Waals surface area contributed by atoms with Gasteiger partial charge >= 0.3 is 0 Å². The van der Waals surface area contributed by atoms with E-state index in [0.717, 1.165) is 0 Å². The zero-order valence-corrected chi connectivity index (χ0v) is 16.9. The third-order valence-electron chi connectivity index (χ3n) is 5.23. The Morgan fingerprint density at radius 1 is 1.12 bits per heavy atom. The maximum Gasteiger partial charge on any atom is 0.296 e. The summed E-state index contributed by atoms with van der Waals surface area (Å²) in [5.41, 5.74) is 0.526. The number of carbonyl (C=O) groups excluding carboxylic acids is 2. The zero-order valence-electron chi connectivity index (χ0n) is 16.9. The Morgan fingerprint density at radius 3 is 2.38 bits per heavy atom. The van der Waals surface area contributed by atoms with Crippen LogP contribution >= 0.6 is 0 Å². The Labute approximate surface area is 182 Å². The second-order valence-electron chi connectivity index (χ2n) is 7.08. The maximum atomic E-state index is 13.0. The number of nitrogens with zero attached hydrogens (tertiary/aromatic N) is 2. The molecule has 0 aliphatic carbocycles.